The molecular formula is C17H35CrN2OSi2. The molecule has 3 rings (SSSR count). The first-order valence-electron chi connectivity index (χ1n) is 9.13. The van der Waals surface area contributed by atoms with Gasteiger partial charge in [-0.25, -0.2) is 0 Å². The van der Waals surface area contributed by atoms with Gasteiger partial charge in [-0.15, -0.1) is 0 Å². The fraction of sp³-hybridized carbons (Fsp3) is 0.941. The SMILES string of the molecule is C1CCOC1.C[C-]1C2CCC1[Si](C)(C)[N-]CCC[N-][Si]2(C)C.[Cr+3]. The van der Waals surface area contributed by atoms with Crippen molar-refractivity contribution in [2.75, 3.05) is 26.3 Å². The van der Waals surface area contributed by atoms with E-state index in [0.29, 0.717) is 0 Å². The molecule has 0 spiro atoms. The maximum atomic E-state index is 5.07. The van der Waals surface area contributed by atoms with E-state index in [0.717, 1.165) is 37.4 Å². The molecule has 0 aromatic rings. The van der Waals surface area contributed by atoms with Crippen LogP contribution in [0.1, 0.15) is 39.0 Å². The van der Waals surface area contributed by atoms with Crippen LogP contribution in [-0.4, -0.2) is 42.8 Å². The van der Waals surface area contributed by atoms with Gasteiger partial charge >= 0.3 is 17.4 Å². The van der Waals surface area contributed by atoms with Crippen molar-refractivity contribution in [3.8, 4) is 0 Å². The van der Waals surface area contributed by atoms with Crippen LogP contribution in [0, 0.1) is 5.92 Å². The summed E-state index contributed by atoms with van der Waals surface area (Å²) in [5, 5.41) is 0. The maximum Gasteiger partial charge on any atom is 3.00 e. The van der Waals surface area contributed by atoms with E-state index in [1.165, 1.54) is 32.1 Å². The van der Waals surface area contributed by atoms with Crippen molar-refractivity contribution in [2.24, 2.45) is 0 Å². The Hall–Kier alpha value is 0.846. The normalized spacial score (nSPS) is 33.3. The molecule has 2 saturated heterocycles. The first-order chi connectivity index (χ1) is 10.3. The van der Waals surface area contributed by atoms with Gasteiger partial charge in [-0.2, -0.15) is 31.1 Å². The molecular weight excluding hydrogens is 356 g/mol. The van der Waals surface area contributed by atoms with Crippen molar-refractivity contribution < 1.29 is 22.1 Å². The molecule has 1 saturated carbocycles. The molecule has 2 heterocycles. The van der Waals surface area contributed by atoms with Crippen LogP contribution < -0.4 is 0 Å². The molecule has 2 unspecified atom stereocenters. The summed E-state index contributed by atoms with van der Waals surface area (Å²) in [6, 6.07) is 0. The molecule has 6 heteroatoms. The molecule has 3 fully saturated rings. The molecule has 0 aromatic heterocycles. The van der Waals surface area contributed by atoms with Crippen molar-refractivity contribution in [3.63, 3.8) is 0 Å². The monoisotopic (exact) mass is 391 g/mol. The Morgan fingerprint density at radius 3 is 1.61 bits per heavy atom. The maximum absolute atomic E-state index is 5.07. The molecule has 133 valence electrons. The summed E-state index contributed by atoms with van der Waals surface area (Å²) in [6.07, 6.45) is 6.53. The minimum Gasteiger partial charge on any atom is -0.666 e. The molecule has 2 atom stereocenters. The summed E-state index contributed by atoms with van der Waals surface area (Å²) < 4.78 is 4.94. The third kappa shape index (κ3) is 5.95. The molecule has 0 amide bonds. The van der Waals surface area contributed by atoms with E-state index in [9.17, 15) is 0 Å². The fourth-order valence-electron chi connectivity index (χ4n) is 4.39. The Kier molecular flexibility index (Phi) is 9.06. The molecule has 2 bridgehead atoms. The minimum atomic E-state index is -1.37. The second-order valence-electron chi connectivity index (χ2n) is 8.17. The van der Waals surface area contributed by atoms with Crippen molar-refractivity contribution in [1.29, 1.82) is 0 Å². The topological polar surface area (TPSA) is 37.4 Å². The average molecular weight is 392 g/mol. The Balaban J connectivity index is 0.000000377. The van der Waals surface area contributed by atoms with Gasteiger partial charge in [-0.05, 0) is 12.8 Å². The third-order valence-corrected chi connectivity index (χ3v) is 12.7. The average Bonchev–Trinajstić information content (AvgIpc) is 3.09. The van der Waals surface area contributed by atoms with Crippen molar-refractivity contribution in [3.05, 3.63) is 15.9 Å². The first-order valence-corrected chi connectivity index (χ1v) is 15.2. The molecule has 23 heavy (non-hydrogen) atoms. The van der Waals surface area contributed by atoms with Crippen molar-refractivity contribution in [1.82, 2.24) is 0 Å². The zero-order valence-electron chi connectivity index (χ0n) is 15.7. The molecule has 1 aliphatic carbocycles. The van der Waals surface area contributed by atoms with Crippen LogP contribution in [0.4, 0.5) is 0 Å². The van der Waals surface area contributed by atoms with E-state index in [1.807, 2.05) is 0 Å². The fourth-order valence-corrected chi connectivity index (χ4v) is 10.8. The van der Waals surface area contributed by atoms with Gasteiger partial charge in [-0.3, -0.25) is 0 Å². The predicted octanol–water partition coefficient (Wildman–Crippen LogP) is 5.47. The van der Waals surface area contributed by atoms with Crippen LogP contribution in [0.5, 0.6) is 0 Å². The van der Waals surface area contributed by atoms with E-state index in [2.05, 4.69) is 33.1 Å². The van der Waals surface area contributed by atoms with Gasteiger partial charge in [0.15, 0.2) is 0 Å². The van der Waals surface area contributed by atoms with Gasteiger partial charge in [-0.1, -0.05) is 61.9 Å². The number of hydrogen-bond donors (Lipinski definition) is 0. The Morgan fingerprint density at radius 1 is 0.826 bits per heavy atom. The molecule has 2 aliphatic heterocycles. The molecule has 3 nitrogen and oxygen atoms in total. The predicted molar refractivity (Wildman–Crippen MR) is 102 cm³/mol. The number of nitrogens with zero attached hydrogens (tertiary/aromatic N) is 2. The molecule has 3 aliphatic rings. The van der Waals surface area contributed by atoms with Gasteiger partial charge in [0.05, 0.1) is 0 Å². The van der Waals surface area contributed by atoms with Gasteiger partial charge in [0.2, 0.25) is 0 Å². The second kappa shape index (κ2) is 9.52. The number of rotatable bonds is 0. The van der Waals surface area contributed by atoms with Crippen molar-refractivity contribution >= 4 is 16.5 Å². The van der Waals surface area contributed by atoms with Crippen LogP contribution >= 0.6 is 0 Å². The largest absolute Gasteiger partial charge is 3.00 e. The van der Waals surface area contributed by atoms with Gasteiger partial charge in [0.25, 0.3) is 0 Å². The summed E-state index contributed by atoms with van der Waals surface area (Å²) in [7, 11) is -2.74. The minimum absolute atomic E-state index is 0. The van der Waals surface area contributed by atoms with E-state index in [-0.39, 0.29) is 17.4 Å². The second-order valence-corrected chi connectivity index (χ2v) is 16.8. The summed E-state index contributed by atoms with van der Waals surface area (Å²) >= 11 is 0. The standard InChI is InChI=1S/C13H27N2Si2.C4H8O.Cr/c1-11-12-7-8-13(11)17(4,5)15-10-6-9-14-16(12,2)3;1-2-4-5-3-1;/h12-13H,6-10H2,1-5H3;1-4H2;/q-3;;+3. The quantitative estimate of drug-likeness (QED) is 0.398. The zero-order chi connectivity index (χ0) is 16.2. The Labute approximate surface area is 157 Å². The number of hydrogen-bond acceptors (Lipinski definition) is 1. The Bertz CT molecular complexity index is 318. The van der Waals surface area contributed by atoms with Crippen LogP contribution in [-0.2, 0) is 22.1 Å². The van der Waals surface area contributed by atoms with Crippen molar-refractivity contribution in [2.45, 2.75) is 76.3 Å². The third-order valence-electron chi connectivity index (χ3n) is 5.73. The Morgan fingerprint density at radius 2 is 1.26 bits per heavy atom. The summed E-state index contributed by atoms with van der Waals surface area (Å²) in [5.41, 5.74) is 1.68. The first kappa shape index (κ1) is 21.9. The molecule has 1 radical (unpaired) electrons. The summed E-state index contributed by atoms with van der Waals surface area (Å²) in [4.78, 5) is 10.1. The van der Waals surface area contributed by atoms with E-state index in [1.54, 1.807) is 5.92 Å². The van der Waals surface area contributed by atoms with E-state index < -0.39 is 16.5 Å². The van der Waals surface area contributed by atoms with Crippen LogP contribution in [0.3, 0.4) is 0 Å². The summed E-state index contributed by atoms with van der Waals surface area (Å²) in [6.45, 7) is 16.4. The van der Waals surface area contributed by atoms with Crippen LogP contribution in [0.2, 0.25) is 37.3 Å². The van der Waals surface area contributed by atoms with Gasteiger partial charge < -0.3 is 20.6 Å². The molecule has 0 N–H and O–H groups in total. The number of fused-ring (bicyclic) bond motifs is 2. The smallest absolute Gasteiger partial charge is 0.666 e. The molecule has 0 aromatic carbocycles. The van der Waals surface area contributed by atoms with Gasteiger partial charge in [0, 0.05) is 13.2 Å². The van der Waals surface area contributed by atoms with E-state index >= 15 is 0 Å². The summed E-state index contributed by atoms with van der Waals surface area (Å²) in [5.74, 6) is 1.77. The van der Waals surface area contributed by atoms with Crippen LogP contribution in [0.25, 0.3) is 9.96 Å². The number of ether oxygens (including phenoxy) is 1. The van der Waals surface area contributed by atoms with Gasteiger partial charge in [0.1, 0.15) is 0 Å². The van der Waals surface area contributed by atoms with Crippen LogP contribution in [0.15, 0.2) is 0 Å². The van der Waals surface area contributed by atoms with E-state index in [4.69, 9.17) is 14.7 Å². The zero-order valence-corrected chi connectivity index (χ0v) is 19.0.